The Morgan fingerprint density at radius 1 is 0.646 bits per heavy atom. The maximum absolute atomic E-state index is 13.7. The number of hydrogen-bond donors (Lipinski definition) is 5. The number of unbranched alkanes of at least 4 members (excludes halogenated alkanes) is 17. The van der Waals surface area contributed by atoms with Crippen LogP contribution < -0.4 is 5.26 Å². The zero-order valence-electron chi connectivity index (χ0n) is 40.4. The molecule has 2 aliphatic rings. The molecule has 0 aromatic rings. The lowest BCUT2D eigenvalue weighted by molar-refractivity contribution is -0.777. The fourth-order valence-electron chi connectivity index (χ4n) is 8.97. The fraction of sp³-hybridized carbons (Fsp3) is 0.917. The van der Waals surface area contributed by atoms with E-state index in [0.717, 1.165) is 38.5 Å². The SMILES string of the molecule is CCCCCCCCCCCCCCCC[C@H](C)C[C@H](C)C[C@H](C)/C=C(\C)C(=O)OC1C(O)C(CO)OC(OC2OC(CO)C(O)C(O)C2OSOO[O-])C1OC(=O)CCCCCCC. The average Bonchev–Trinajstić information content (AvgIpc) is 3.27. The third-order valence-electron chi connectivity index (χ3n) is 12.6. The highest BCUT2D eigenvalue weighted by Crippen LogP contribution is 2.34. The van der Waals surface area contributed by atoms with Gasteiger partial charge in [-0.25, -0.2) is 4.79 Å². The summed E-state index contributed by atoms with van der Waals surface area (Å²) in [5, 5.41) is 66.5. The van der Waals surface area contributed by atoms with Crippen LogP contribution in [0, 0.1) is 17.8 Å². The maximum Gasteiger partial charge on any atom is 0.333 e. The van der Waals surface area contributed by atoms with Gasteiger partial charge in [-0.05, 0) is 43.9 Å². The normalized spacial score (nSPS) is 27.6. The van der Waals surface area contributed by atoms with E-state index < -0.39 is 86.6 Å². The molecule has 0 amide bonds. The van der Waals surface area contributed by atoms with Crippen LogP contribution in [0.15, 0.2) is 11.6 Å². The summed E-state index contributed by atoms with van der Waals surface area (Å²) >= 11 is -0.00630. The lowest BCUT2D eigenvalue weighted by Crippen LogP contribution is -2.65. The topological polar surface area (TPSA) is 232 Å². The third kappa shape index (κ3) is 23.6. The molecule has 382 valence electrons. The molecule has 65 heavy (non-hydrogen) atoms. The molecular weight excluding hydrogens is 865 g/mol. The van der Waals surface area contributed by atoms with Crippen LogP contribution in [0.2, 0.25) is 0 Å². The van der Waals surface area contributed by atoms with Crippen molar-refractivity contribution in [2.75, 3.05) is 13.2 Å². The first kappa shape index (κ1) is 59.7. The quantitative estimate of drug-likeness (QED) is 0.0102. The number of aliphatic hydroxyl groups excluding tert-OH is 5. The molecule has 0 radical (unpaired) electrons. The minimum Gasteiger partial charge on any atom is -0.691 e. The zero-order valence-corrected chi connectivity index (χ0v) is 41.2. The molecule has 2 saturated heterocycles. The average molecular weight is 952 g/mol. The summed E-state index contributed by atoms with van der Waals surface area (Å²) in [6, 6.07) is 0. The van der Waals surface area contributed by atoms with Crippen LogP contribution >= 0.6 is 12.3 Å². The molecule has 13 atom stereocenters. The summed E-state index contributed by atoms with van der Waals surface area (Å²) in [5.74, 6) is -0.477. The van der Waals surface area contributed by atoms with Crippen molar-refractivity contribution in [3.63, 3.8) is 0 Å². The molecule has 2 rings (SSSR count). The standard InChI is InChI=1S/C48H88O16S/c1-7-9-11-13-14-15-16-17-18-19-20-21-23-24-26-33(3)28-34(4)29-35(5)30-36(6)46(55)60-43-41(53)38(32-50)58-48(45(43)59-39(51)27-25-22-12-10-8-2)61-47-44(62-65-64-63-56)42(54)40(52)37(31-49)57-47/h30,33-35,37-38,40-45,47-50,52-54,56H,7-29,31-32H2,1-6H3/p-1/b36-30+/t33-,34-,35-,37?,38?,40?,41?,42?,43?,44?,45?,47?,48?/m0/s1. The van der Waals surface area contributed by atoms with Crippen molar-refractivity contribution in [2.45, 2.75) is 251 Å². The van der Waals surface area contributed by atoms with E-state index in [1.54, 1.807) is 6.92 Å². The van der Waals surface area contributed by atoms with Gasteiger partial charge in [0.1, 0.15) is 30.5 Å². The largest absolute Gasteiger partial charge is 0.691 e. The monoisotopic (exact) mass is 952 g/mol. The third-order valence-corrected chi connectivity index (χ3v) is 13.0. The molecule has 0 aromatic heterocycles. The Morgan fingerprint density at radius 2 is 1.15 bits per heavy atom. The molecule has 0 bridgehead atoms. The molecule has 16 nitrogen and oxygen atoms in total. The molecule has 0 spiro atoms. The molecule has 5 N–H and O–H groups in total. The number of carbonyl (C=O) groups excluding carboxylic acids is 2. The summed E-state index contributed by atoms with van der Waals surface area (Å²) in [6.45, 7) is 11.0. The highest BCUT2D eigenvalue weighted by molar-refractivity contribution is 7.89. The second-order valence-corrected chi connectivity index (χ2v) is 19.2. The van der Waals surface area contributed by atoms with Gasteiger partial charge in [0.15, 0.2) is 36.9 Å². The minimum absolute atomic E-state index is 0.00630. The predicted octanol–water partition coefficient (Wildman–Crippen LogP) is 7.38. The summed E-state index contributed by atoms with van der Waals surface area (Å²) in [5.41, 5.74) is 0.266. The Balaban J connectivity index is 2.05. The molecular formula is C48H87O16S-. The van der Waals surface area contributed by atoms with Crippen molar-refractivity contribution >= 4 is 24.3 Å². The van der Waals surface area contributed by atoms with E-state index in [2.05, 4.69) is 37.1 Å². The summed E-state index contributed by atoms with van der Waals surface area (Å²) in [6.07, 6.45) is 11.7. The number of allylic oxidation sites excluding steroid dienone is 1. The van der Waals surface area contributed by atoms with Crippen molar-refractivity contribution in [1.29, 1.82) is 0 Å². The number of aliphatic hydroxyl groups is 5. The van der Waals surface area contributed by atoms with Gasteiger partial charge >= 0.3 is 11.9 Å². The smallest absolute Gasteiger partial charge is 0.333 e. The predicted molar refractivity (Wildman–Crippen MR) is 244 cm³/mol. The second kappa shape index (κ2) is 35.6. The fourth-order valence-corrected chi connectivity index (χ4v) is 9.32. The van der Waals surface area contributed by atoms with Crippen LogP contribution in [0.25, 0.3) is 0 Å². The lowest BCUT2D eigenvalue weighted by Gasteiger charge is -2.46. The van der Waals surface area contributed by atoms with Crippen LogP contribution in [0.1, 0.15) is 189 Å². The summed E-state index contributed by atoms with van der Waals surface area (Å²) in [4.78, 5) is 27.0. The number of hydrogen-bond acceptors (Lipinski definition) is 17. The van der Waals surface area contributed by atoms with Crippen molar-refractivity contribution in [2.24, 2.45) is 17.8 Å². The summed E-state index contributed by atoms with van der Waals surface area (Å²) in [7, 11) is 0. The number of rotatable bonds is 37. The van der Waals surface area contributed by atoms with Crippen molar-refractivity contribution in [3.05, 3.63) is 11.6 Å². The number of ether oxygens (including phenoxy) is 5. The Kier molecular flexibility index (Phi) is 32.7. The second-order valence-electron chi connectivity index (χ2n) is 18.7. The van der Waals surface area contributed by atoms with Gasteiger partial charge in [-0.3, -0.25) is 14.0 Å². The maximum atomic E-state index is 13.7. The summed E-state index contributed by atoms with van der Waals surface area (Å²) < 4.78 is 38.6. The van der Waals surface area contributed by atoms with Crippen LogP contribution in [0.4, 0.5) is 0 Å². The molecule has 2 aliphatic heterocycles. The first-order valence-corrected chi connectivity index (χ1v) is 25.6. The van der Waals surface area contributed by atoms with Gasteiger partial charge in [-0.2, -0.15) is 0 Å². The van der Waals surface area contributed by atoms with Gasteiger partial charge in [0.2, 0.25) is 6.29 Å². The van der Waals surface area contributed by atoms with Gasteiger partial charge in [0.25, 0.3) is 0 Å². The van der Waals surface area contributed by atoms with E-state index in [9.17, 15) is 40.4 Å². The van der Waals surface area contributed by atoms with E-state index in [4.69, 9.17) is 27.9 Å². The zero-order chi connectivity index (χ0) is 48.0. The molecule has 17 heteroatoms. The van der Waals surface area contributed by atoms with Gasteiger partial charge < -0.3 is 54.5 Å². The Labute approximate surface area is 394 Å². The minimum atomic E-state index is -1.79. The van der Waals surface area contributed by atoms with Gasteiger partial charge in [-0.1, -0.05) is 163 Å². The van der Waals surface area contributed by atoms with E-state index in [0.29, 0.717) is 18.3 Å². The Bertz CT molecular complexity index is 1260. The van der Waals surface area contributed by atoms with Crippen molar-refractivity contribution in [1.82, 2.24) is 0 Å². The highest BCUT2D eigenvalue weighted by atomic mass is 32.2. The van der Waals surface area contributed by atoms with E-state index in [1.165, 1.54) is 96.3 Å². The number of esters is 2. The highest BCUT2D eigenvalue weighted by Gasteiger charge is 2.54. The first-order valence-electron chi connectivity index (χ1n) is 24.9. The van der Waals surface area contributed by atoms with Crippen molar-refractivity contribution < 1.29 is 77.6 Å². The molecule has 0 aromatic carbocycles. The van der Waals surface area contributed by atoms with Crippen LogP contribution in [-0.2, 0) is 46.8 Å². The molecule has 2 heterocycles. The van der Waals surface area contributed by atoms with Gasteiger partial charge in [0.05, 0.1) is 13.2 Å². The number of carbonyl (C=O) groups is 2. The Morgan fingerprint density at radius 3 is 1.69 bits per heavy atom. The first-order chi connectivity index (χ1) is 31.3. The van der Waals surface area contributed by atoms with Crippen LogP contribution in [0.5, 0.6) is 0 Å². The van der Waals surface area contributed by atoms with Gasteiger partial charge in [-0.15, -0.1) is 4.33 Å². The van der Waals surface area contributed by atoms with Crippen molar-refractivity contribution in [3.8, 4) is 0 Å². The van der Waals surface area contributed by atoms with E-state index in [-0.39, 0.29) is 30.2 Å². The van der Waals surface area contributed by atoms with Crippen LogP contribution in [-0.4, -0.2) is 112 Å². The molecule has 10 unspecified atom stereocenters. The Hall–Kier alpha value is -1.45. The van der Waals surface area contributed by atoms with Gasteiger partial charge in [0, 0.05) is 12.0 Å². The van der Waals surface area contributed by atoms with Crippen LogP contribution in [0.3, 0.4) is 0 Å². The lowest BCUT2D eigenvalue weighted by atomic mass is 9.86. The van der Waals surface area contributed by atoms with E-state index >= 15 is 0 Å². The van der Waals surface area contributed by atoms with E-state index in [1.807, 2.05) is 13.0 Å². The molecule has 0 saturated carbocycles. The molecule has 2 fully saturated rings. The molecule has 0 aliphatic carbocycles.